The van der Waals surface area contributed by atoms with Crippen LogP contribution in [-0.2, 0) is 11.2 Å². The fourth-order valence-corrected chi connectivity index (χ4v) is 2.62. The molecule has 0 bridgehead atoms. The van der Waals surface area contributed by atoms with Gasteiger partial charge in [0.05, 0.1) is 17.5 Å². The lowest BCUT2D eigenvalue weighted by Gasteiger charge is -2.24. The van der Waals surface area contributed by atoms with Crippen LogP contribution in [0.3, 0.4) is 0 Å². The number of rotatable bonds is 1. The van der Waals surface area contributed by atoms with E-state index in [2.05, 4.69) is 9.97 Å². The number of imide groups is 1. The van der Waals surface area contributed by atoms with Crippen molar-refractivity contribution in [2.45, 2.75) is 6.42 Å². The summed E-state index contributed by atoms with van der Waals surface area (Å²) in [6.07, 6.45) is 0.207. The Morgan fingerprint density at radius 2 is 1.76 bits per heavy atom. The van der Waals surface area contributed by atoms with Crippen LogP contribution in [0.15, 0.2) is 48.5 Å². The maximum absolute atomic E-state index is 12.5. The van der Waals surface area contributed by atoms with Gasteiger partial charge in [-0.3, -0.25) is 9.59 Å². The molecule has 0 aliphatic carbocycles. The third kappa shape index (κ3) is 1.74. The number of hydrogen-bond acceptors (Lipinski definition) is 3. The number of amides is 2. The Kier molecular flexibility index (Phi) is 2.41. The van der Waals surface area contributed by atoms with Gasteiger partial charge in [0.2, 0.25) is 11.9 Å². The zero-order chi connectivity index (χ0) is 14.4. The van der Waals surface area contributed by atoms with Gasteiger partial charge in [0.1, 0.15) is 0 Å². The van der Waals surface area contributed by atoms with Gasteiger partial charge in [0.25, 0.3) is 5.91 Å². The number of aromatic nitrogens is 2. The molecule has 0 spiro atoms. The summed E-state index contributed by atoms with van der Waals surface area (Å²) < 4.78 is 0. The van der Waals surface area contributed by atoms with Crippen LogP contribution in [0.5, 0.6) is 0 Å². The zero-order valence-electron chi connectivity index (χ0n) is 11.0. The van der Waals surface area contributed by atoms with Crippen molar-refractivity contribution in [2.75, 3.05) is 4.90 Å². The van der Waals surface area contributed by atoms with Crippen LogP contribution in [0, 0.1) is 0 Å². The normalized spacial score (nSPS) is 14.6. The van der Waals surface area contributed by atoms with Crippen molar-refractivity contribution in [1.82, 2.24) is 9.97 Å². The second kappa shape index (κ2) is 4.28. The fourth-order valence-electron chi connectivity index (χ4n) is 2.62. The molecule has 4 rings (SSSR count). The number of para-hydroxylation sites is 2. The first-order chi connectivity index (χ1) is 10.2. The highest BCUT2D eigenvalue weighted by Gasteiger charge is 2.33. The molecule has 0 radical (unpaired) electrons. The summed E-state index contributed by atoms with van der Waals surface area (Å²) in [7, 11) is 0. The molecule has 1 aromatic heterocycles. The minimum absolute atomic E-state index is 0.207. The van der Waals surface area contributed by atoms with Crippen LogP contribution in [0.2, 0.25) is 0 Å². The highest BCUT2D eigenvalue weighted by molar-refractivity contribution is 6.24. The van der Waals surface area contributed by atoms with Crippen LogP contribution in [0.1, 0.15) is 15.9 Å². The summed E-state index contributed by atoms with van der Waals surface area (Å²) in [5.74, 6) is -0.320. The Hall–Kier alpha value is -2.95. The van der Waals surface area contributed by atoms with E-state index in [0.717, 1.165) is 21.5 Å². The van der Waals surface area contributed by atoms with E-state index in [9.17, 15) is 9.59 Å². The molecule has 5 heteroatoms. The standard InChI is InChI=1S/C16H11N3O2/c20-14-9-10-5-1-2-6-11(10)15(21)19(14)16-17-12-7-3-4-8-13(12)18-16/h1-8H,9H2,(H,17,18). The highest BCUT2D eigenvalue weighted by atomic mass is 16.2. The van der Waals surface area contributed by atoms with E-state index in [-0.39, 0.29) is 24.2 Å². The highest BCUT2D eigenvalue weighted by Crippen LogP contribution is 2.25. The summed E-state index contributed by atoms with van der Waals surface area (Å²) in [5, 5.41) is 0. The summed E-state index contributed by atoms with van der Waals surface area (Å²) in [5.41, 5.74) is 2.84. The van der Waals surface area contributed by atoms with Gasteiger partial charge in [0.15, 0.2) is 0 Å². The fraction of sp³-hybridized carbons (Fsp3) is 0.0625. The van der Waals surface area contributed by atoms with Gasteiger partial charge in [-0.2, -0.15) is 0 Å². The molecule has 102 valence electrons. The Morgan fingerprint density at radius 1 is 1.00 bits per heavy atom. The molecular formula is C16H11N3O2. The number of carbonyl (C=O) groups is 2. The molecule has 21 heavy (non-hydrogen) atoms. The Balaban J connectivity index is 1.85. The van der Waals surface area contributed by atoms with Gasteiger partial charge < -0.3 is 4.98 Å². The van der Waals surface area contributed by atoms with Gasteiger partial charge >= 0.3 is 0 Å². The van der Waals surface area contributed by atoms with Gasteiger partial charge in [-0.15, -0.1) is 0 Å². The van der Waals surface area contributed by atoms with Crippen molar-refractivity contribution in [1.29, 1.82) is 0 Å². The number of nitrogens with one attached hydrogen (secondary N) is 1. The molecule has 0 saturated carbocycles. The van der Waals surface area contributed by atoms with E-state index in [4.69, 9.17) is 0 Å². The molecule has 1 N–H and O–H groups in total. The molecule has 2 aromatic carbocycles. The summed E-state index contributed by atoms with van der Waals surface area (Å²) in [4.78, 5) is 33.3. The van der Waals surface area contributed by atoms with Crippen LogP contribution in [0.4, 0.5) is 5.95 Å². The Bertz CT molecular complexity index is 849. The van der Waals surface area contributed by atoms with Crippen molar-refractivity contribution in [3.63, 3.8) is 0 Å². The third-order valence-corrected chi connectivity index (χ3v) is 3.63. The maximum Gasteiger partial charge on any atom is 0.267 e. The van der Waals surface area contributed by atoms with Crippen LogP contribution in [-0.4, -0.2) is 21.8 Å². The lowest BCUT2D eigenvalue weighted by molar-refractivity contribution is -0.117. The number of fused-ring (bicyclic) bond motifs is 2. The van der Waals surface area contributed by atoms with E-state index in [1.165, 1.54) is 0 Å². The number of imidazole rings is 1. The molecule has 1 aliphatic heterocycles. The van der Waals surface area contributed by atoms with E-state index in [0.29, 0.717) is 5.56 Å². The minimum Gasteiger partial charge on any atom is -0.323 e. The van der Waals surface area contributed by atoms with Gasteiger partial charge in [-0.1, -0.05) is 30.3 Å². The molecular weight excluding hydrogens is 266 g/mol. The molecule has 2 heterocycles. The predicted molar refractivity (Wildman–Crippen MR) is 78.1 cm³/mol. The third-order valence-electron chi connectivity index (χ3n) is 3.63. The predicted octanol–water partition coefficient (Wildman–Crippen LogP) is 2.29. The molecule has 0 fully saturated rings. The number of H-pyrrole nitrogens is 1. The first-order valence-corrected chi connectivity index (χ1v) is 6.64. The lowest BCUT2D eigenvalue weighted by Crippen LogP contribution is -2.43. The van der Waals surface area contributed by atoms with E-state index < -0.39 is 0 Å². The zero-order valence-corrected chi connectivity index (χ0v) is 11.0. The van der Waals surface area contributed by atoms with Crippen LogP contribution >= 0.6 is 0 Å². The minimum atomic E-state index is -0.332. The molecule has 0 atom stereocenters. The number of anilines is 1. The second-order valence-electron chi connectivity index (χ2n) is 4.95. The van der Waals surface area contributed by atoms with Crippen LogP contribution < -0.4 is 4.90 Å². The van der Waals surface area contributed by atoms with Crippen LogP contribution in [0.25, 0.3) is 11.0 Å². The molecule has 0 saturated heterocycles. The molecule has 2 amide bonds. The maximum atomic E-state index is 12.5. The first kappa shape index (κ1) is 11.8. The van der Waals surface area contributed by atoms with Crippen molar-refractivity contribution in [2.24, 2.45) is 0 Å². The summed E-state index contributed by atoms with van der Waals surface area (Å²) in [6.45, 7) is 0. The van der Waals surface area contributed by atoms with Gasteiger partial charge in [0, 0.05) is 5.56 Å². The topological polar surface area (TPSA) is 66.1 Å². The quantitative estimate of drug-likeness (QED) is 0.694. The average molecular weight is 277 g/mol. The molecule has 0 unspecified atom stereocenters. The number of nitrogens with zero attached hydrogens (tertiary/aromatic N) is 2. The Morgan fingerprint density at radius 3 is 2.62 bits per heavy atom. The van der Waals surface area contributed by atoms with Crippen molar-refractivity contribution in [3.05, 3.63) is 59.7 Å². The molecule has 5 nitrogen and oxygen atoms in total. The van der Waals surface area contributed by atoms with Crippen molar-refractivity contribution >= 4 is 28.8 Å². The largest absolute Gasteiger partial charge is 0.323 e. The SMILES string of the molecule is O=C1Cc2ccccc2C(=O)N1c1nc2ccccc2[nH]1. The number of aromatic amines is 1. The van der Waals surface area contributed by atoms with E-state index >= 15 is 0 Å². The first-order valence-electron chi connectivity index (χ1n) is 6.64. The lowest BCUT2D eigenvalue weighted by atomic mass is 9.99. The Labute approximate surface area is 120 Å². The monoisotopic (exact) mass is 277 g/mol. The molecule has 1 aliphatic rings. The van der Waals surface area contributed by atoms with Crippen molar-refractivity contribution < 1.29 is 9.59 Å². The smallest absolute Gasteiger partial charge is 0.267 e. The van der Waals surface area contributed by atoms with Gasteiger partial charge in [-0.05, 0) is 23.8 Å². The molecule has 3 aromatic rings. The summed E-state index contributed by atoms with van der Waals surface area (Å²) in [6, 6.07) is 14.6. The van der Waals surface area contributed by atoms with E-state index in [1.807, 2.05) is 30.3 Å². The summed E-state index contributed by atoms with van der Waals surface area (Å²) >= 11 is 0. The second-order valence-corrected chi connectivity index (χ2v) is 4.95. The number of hydrogen-bond donors (Lipinski definition) is 1. The average Bonchev–Trinajstić information content (AvgIpc) is 2.90. The van der Waals surface area contributed by atoms with Crippen molar-refractivity contribution in [3.8, 4) is 0 Å². The number of carbonyl (C=O) groups excluding carboxylic acids is 2. The van der Waals surface area contributed by atoms with Gasteiger partial charge in [-0.25, -0.2) is 9.88 Å². The van der Waals surface area contributed by atoms with E-state index in [1.54, 1.807) is 18.2 Å². The number of benzene rings is 2.